The minimum absolute atomic E-state index is 0.0931. The first kappa shape index (κ1) is 13.3. The molecule has 0 aliphatic rings. The number of anilines is 1. The molecular weight excluding hydrogens is 273 g/mol. The van der Waals surface area contributed by atoms with Crippen LogP contribution in [0.1, 0.15) is 0 Å². The summed E-state index contributed by atoms with van der Waals surface area (Å²) in [6.45, 7) is 0. The van der Waals surface area contributed by atoms with Crippen molar-refractivity contribution >= 4 is 15.7 Å². The van der Waals surface area contributed by atoms with Crippen molar-refractivity contribution in [2.75, 3.05) is 12.0 Å². The Bertz CT molecular complexity index is 753. The first-order valence-electron chi connectivity index (χ1n) is 5.22. The van der Waals surface area contributed by atoms with Crippen molar-refractivity contribution in [1.29, 1.82) is 0 Å². The fourth-order valence-corrected chi connectivity index (χ4v) is 2.44. The molecule has 1 aromatic heterocycles. The summed E-state index contributed by atoms with van der Waals surface area (Å²) in [6.07, 6.45) is 2.23. The molecule has 0 aliphatic carbocycles. The maximum absolute atomic E-state index is 13.8. The Hall–Kier alpha value is -2.09. The number of nitrogens with zero attached hydrogens (tertiary/aromatic N) is 2. The molecule has 102 valence electrons. The maximum Gasteiger partial charge on any atom is 0.178 e. The summed E-state index contributed by atoms with van der Waals surface area (Å²) < 4.78 is 37.8. The summed E-state index contributed by atoms with van der Waals surface area (Å²) in [5.74, 6) is -1.08. The van der Waals surface area contributed by atoms with Gasteiger partial charge in [-0.25, -0.2) is 12.8 Å². The lowest BCUT2D eigenvalue weighted by Gasteiger charge is -2.07. The third-order valence-electron chi connectivity index (χ3n) is 2.72. The predicted octanol–water partition coefficient (Wildman–Crippen LogP) is 0.918. The van der Waals surface area contributed by atoms with Gasteiger partial charge in [0.2, 0.25) is 0 Å². The molecule has 2 aromatic rings. The average Bonchev–Trinajstić information content (AvgIpc) is 2.61. The highest BCUT2D eigenvalue weighted by atomic mass is 32.2. The monoisotopic (exact) mass is 285 g/mol. The Morgan fingerprint density at radius 2 is 2.00 bits per heavy atom. The van der Waals surface area contributed by atoms with Crippen LogP contribution in [0, 0.1) is 5.82 Å². The van der Waals surface area contributed by atoms with E-state index in [1.54, 1.807) is 7.05 Å². The largest absolute Gasteiger partial charge is 0.507 e. The molecule has 0 aliphatic heterocycles. The van der Waals surface area contributed by atoms with Gasteiger partial charge in [0.25, 0.3) is 0 Å². The van der Waals surface area contributed by atoms with Crippen LogP contribution >= 0.6 is 0 Å². The first-order valence-corrected chi connectivity index (χ1v) is 7.11. The Morgan fingerprint density at radius 1 is 1.37 bits per heavy atom. The van der Waals surface area contributed by atoms with Gasteiger partial charge in [-0.1, -0.05) is 0 Å². The molecule has 0 fully saturated rings. The fourth-order valence-electron chi connectivity index (χ4n) is 1.70. The lowest BCUT2D eigenvalue weighted by Crippen LogP contribution is -2.02. The molecule has 3 N–H and O–H groups in total. The van der Waals surface area contributed by atoms with E-state index in [2.05, 4.69) is 5.10 Å². The molecule has 0 bridgehead atoms. The Morgan fingerprint density at radius 3 is 2.47 bits per heavy atom. The van der Waals surface area contributed by atoms with E-state index in [-0.39, 0.29) is 17.1 Å². The van der Waals surface area contributed by atoms with Crippen molar-refractivity contribution in [1.82, 2.24) is 9.78 Å². The Kier molecular flexibility index (Phi) is 2.97. The van der Waals surface area contributed by atoms with E-state index in [1.807, 2.05) is 0 Å². The number of aromatic hydroxyl groups is 1. The van der Waals surface area contributed by atoms with Crippen LogP contribution in [0.3, 0.4) is 0 Å². The molecular formula is C11H12FN3O3S. The lowest BCUT2D eigenvalue weighted by atomic mass is 10.1. The number of benzene rings is 1. The minimum atomic E-state index is -3.75. The number of hydrogen-bond donors (Lipinski definition) is 2. The zero-order chi connectivity index (χ0) is 14.4. The van der Waals surface area contributed by atoms with Crippen molar-refractivity contribution in [3.63, 3.8) is 0 Å². The number of nitrogens with two attached hydrogens (primary N) is 1. The number of aromatic nitrogens is 2. The number of rotatable bonds is 2. The van der Waals surface area contributed by atoms with Crippen LogP contribution in [0.2, 0.25) is 0 Å². The lowest BCUT2D eigenvalue weighted by molar-refractivity contribution is 0.470. The number of aryl methyl sites for hydroxylation is 1. The molecule has 8 heteroatoms. The molecule has 0 spiro atoms. The van der Waals surface area contributed by atoms with Crippen LogP contribution in [0.4, 0.5) is 10.2 Å². The van der Waals surface area contributed by atoms with Crippen molar-refractivity contribution in [3.8, 4) is 16.9 Å². The summed E-state index contributed by atoms with van der Waals surface area (Å²) in [7, 11) is -2.15. The van der Waals surface area contributed by atoms with Crippen LogP contribution < -0.4 is 5.73 Å². The van der Waals surface area contributed by atoms with Crippen molar-refractivity contribution in [2.24, 2.45) is 7.05 Å². The van der Waals surface area contributed by atoms with Crippen LogP contribution in [0.5, 0.6) is 5.75 Å². The minimum Gasteiger partial charge on any atom is -0.507 e. The number of halogens is 1. The Labute approximate surface area is 109 Å². The standard InChI is InChI=1S/C11H12FN3O3S/c1-15-11(13)7(5-14-15)6-3-8(12)10(4-9(6)16)19(2,17)18/h3-5,16H,13H2,1-2H3. The third-order valence-corrected chi connectivity index (χ3v) is 3.84. The van der Waals surface area contributed by atoms with Gasteiger partial charge in [-0.05, 0) is 6.07 Å². The van der Waals surface area contributed by atoms with Crippen LogP contribution in [-0.2, 0) is 16.9 Å². The molecule has 0 saturated carbocycles. The van der Waals surface area contributed by atoms with Gasteiger partial charge < -0.3 is 10.8 Å². The molecule has 0 atom stereocenters. The van der Waals surface area contributed by atoms with Gasteiger partial charge >= 0.3 is 0 Å². The van der Waals surface area contributed by atoms with Crippen LogP contribution in [0.15, 0.2) is 23.2 Å². The summed E-state index contributed by atoms with van der Waals surface area (Å²) in [6, 6.07) is 1.80. The summed E-state index contributed by atoms with van der Waals surface area (Å²) in [4.78, 5) is -0.559. The van der Waals surface area contributed by atoms with E-state index < -0.39 is 20.5 Å². The highest BCUT2D eigenvalue weighted by molar-refractivity contribution is 7.90. The van der Waals surface area contributed by atoms with Gasteiger partial charge in [-0.3, -0.25) is 4.68 Å². The second kappa shape index (κ2) is 4.23. The van der Waals surface area contributed by atoms with Gasteiger partial charge in [0.15, 0.2) is 9.84 Å². The molecule has 6 nitrogen and oxygen atoms in total. The van der Waals surface area contributed by atoms with Crippen molar-refractivity contribution in [3.05, 3.63) is 24.1 Å². The molecule has 0 saturated heterocycles. The van der Waals surface area contributed by atoms with Gasteiger partial charge in [-0.15, -0.1) is 0 Å². The second-order valence-electron chi connectivity index (χ2n) is 4.14. The number of nitrogen functional groups attached to an aromatic ring is 1. The normalized spacial score (nSPS) is 11.7. The molecule has 19 heavy (non-hydrogen) atoms. The van der Waals surface area contributed by atoms with Crippen molar-refractivity contribution in [2.45, 2.75) is 4.90 Å². The average molecular weight is 285 g/mol. The maximum atomic E-state index is 13.8. The van der Waals surface area contributed by atoms with Gasteiger partial charge in [0, 0.05) is 30.5 Å². The zero-order valence-corrected chi connectivity index (χ0v) is 11.1. The van der Waals surface area contributed by atoms with Gasteiger partial charge in [0.05, 0.1) is 6.20 Å². The molecule has 2 rings (SSSR count). The number of phenolic OH excluding ortho intramolecular Hbond substituents is 1. The van der Waals surface area contributed by atoms with Crippen molar-refractivity contribution < 1.29 is 17.9 Å². The van der Waals surface area contributed by atoms with E-state index in [4.69, 9.17) is 5.73 Å². The highest BCUT2D eigenvalue weighted by Crippen LogP contribution is 2.35. The fraction of sp³-hybridized carbons (Fsp3) is 0.182. The molecule has 1 aromatic carbocycles. The topological polar surface area (TPSA) is 98.2 Å². The predicted molar refractivity (Wildman–Crippen MR) is 67.8 cm³/mol. The highest BCUT2D eigenvalue weighted by Gasteiger charge is 2.20. The molecule has 0 unspecified atom stereocenters. The number of sulfone groups is 1. The third kappa shape index (κ3) is 2.26. The van der Waals surface area contributed by atoms with Gasteiger partial charge in [0.1, 0.15) is 22.3 Å². The second-order valence-corrected chi connectivity index (χ2v) is 6.12. The van der Waals surface area contributed by atoms with E-state index in [9.17, 15) is 17.9 Å². The zero-order valence-electron chi connectivity index (χ0n) is 10.3. The Balaban J connectivity index is 2.69. The number of phenols is 1. The smallest absolute Gasteiger partial charge is 0.178 e. The van der Waals surface area contributed by atoms with E-state index in [0.29, 0.717) is 5.56 Å². The quantitative estimate of drug-likeness (QED) is 0.855. The molecule has 1 heterocycles. The van der Waals surface area contributed by atoms with Gasteiger partial charge in [-0.2, -0.15) is 5.10 Å². The summed E-state index contributed by atoms with van der Waals surface area (Å²) in [5.41, 5.74) is 6.15. The van der Waals surface area contributed by atoms with Crippen LogP contribution in [-0.4, -0.2) is 29.6 Å². The van der Waals surface area contributed by atoms with E-state index >= 15 is 0 Å². The van der Waals surface area contributed by atoms with E-state index in [0.717, 1.165) is 18.4 Å². The SMILES string of the molecule is Cn1ncc(-c2cc(F)c(S(C)(=O)=O)cc2O)c1N. The first-order chi connectivity index (χ1) is 8.71. The van der Waals surface area contributed by atoms with E-state index in [1.165, 1.54) is 10.9 Å². The summed E-state index contributed by atoms with van der Waals surface area (Å²) in [5, 5.41) is 13.7. The van der Waals surface area contributed by atoms with Crippen LogP contribution in [0.25, 0.3) is 11.1 Å². The molecule has 0 amide bonds. The molecule has 0 radical (unpaired) electrons. The summed E-state index contributed by atoms with van der Waals surface area (Å²) >= 11 is 0. The number of hydrogen-bond acceptors (Lipinski definition) is 5.